The molecule has 1 aliphatic rings. The van der Waals surface area contributed by atoms with Crippen LogP contribution in [0, 0.1) is 5.92 Å². The number of nitrogens with one attached hydrogen (secondary N) is 1. The number of alkyl halides is 3. The highest BCUT2D eigenvalue weighted by Crippen LogP contribution is 2.29. The van der Waals surface area contributed by atoms with Crippen LogP contribution in [0.4, 0.5) is 18.9 Å². The third-order valence-electron chi connectivity index (χ3n) is 7.75. The molecule has 3 amide bonds. The molecule has 0 radical (unpaired) electrons. The number of aliphatic hydroxyl groups is 1. The molecule has 0 bridgehead atoms. The highest BCUT2D eigenvalue weighted by atomic mass is 19.4. The van der Waals surface area contributed by atoms with Crippen LogP contribution in [-0.4, -0.2) is 95.4 Å². The molecule has 0 saturated carbocycles. The Morgan fingerprint density at radius 3 is 2.56 bits per heavy atom. The Morgan fingerprint density at radius 2 is 1.89 bits per heavy atom. The van der Waals surface area contributed by atoms with Crippen molar-refractivity contribution < 1.29 is 42.1 Å². The number of ether oxygens (including phenoxy) is 2. The van der Waals surface area contributed by atoms with Gasteiger partial charge in [-0.15, -0.1) is 0 Å². The summed E-state index contributed by atoms with van der Waals surface area (Å²) in [5, 5.41) is 12.9. The predicted molar refractivity (Wildman–Crippen MR) is 162 cm³/mol. The van der Waals surface area contributed by atoms with Crippen LogP contribution in [0.5, 0.6) is 5.75 Å². The summed E-state index contributed by atoms with van der Waals surface area (Å²) in [4.78, 5) is 46.2. The number of amides is 3. The number of hydrogen-bond donors (Lipinski definition) is 2. The van der Waals surface area contributed by atoms with Crippen LogP contribution < -0.4 is 10.1 Å². The average molecular weight is 637 g/mol. The van der Waals surface area contributed by atoms with Crippen molar-refractivity contribution in [1.82, 2.24) is 14.8 Å². The van der Waals surface area contributed by atoms with Crippen molar-refractivity contribution in [1.29, 1.82) is 0 Å². The van der Waals surface area contributed by atoms with Crippen molar-refractivity contribution in [3.8, 4) is 5.75 Å². The number of fused-ring (bicyclic) bond motifs is 1. The number of pyridine rings is 1. The molecule has 2 N–H and O–H groups in total. The number of aromatic nitrogens is 1. The van der Waals surface area contributed by atoms with E-state index in [-0.39, 0.29) is 43.2 Å². The molecule has 248 valence electrons. The van der Waals surface area contributed by atoms with E-state index in [2.05, 4.69) is 10.3 Å². The van der Waals surface area contributed by atoms with Crippen molar-refractivity contribution in [2.24, 2.45) is 5.92 Å². The number of benzene rings is 1. The normalized spacial score (nSPS) is 20.8. The first-order valence-corrected chi connectivity index (χ1v) is 15.1. The zero-order chi connectivity index (χ0) is 33.1. The molecule has 1 aromatic carbocycles. The number of nitrogens with zero attached hydrogens (tertiary/aromatic N) is 3. The van der Waals surface area contributed by atoms with Gasteiger partial charge in [0.1, 0.15) is 5.75 Å². The molecule has 13 heteroatoms. The number of aliphatic hydroxyl groups excluding tert-OH is 1. The molecule has 0 saturated heterocycles. The van der Waals surface area contributed by atoms with Crippen LogP contribution in [0.1, 0.15) is 73.6 Å². The smallest absolute Gasteiger partial charge is 0.389 e. The summed E-state index contributed by atoms with van der Waals surface area (Å²) in [5.74, 6) is -1.53. The van der Waals surface area contributed by atoms with E-state index >= 15 is 0 Å². The molecule has 10 nitrogen and oxygen atoms in total. The van der Waals surface area contributed by atoms with E-state index < -0.39 is 43.0 Å². The Labute approximate surface area is 261 Å². The number of carbonyl (C=O) groups excluding carboxylic acids is 3. The van der Waals surface area contributed by atoms with Crippen molar-refractivity contribution in [3.63, 3.8) is 0 Å². The predicted octanol–water partition coefficient (Wildman–Crippen LogP) is 4.93. The SMILES string of the molecule is C[C@@H]1CCCCO[C@@H](CN(C)C(=O)CCC(F)(F)F)[C@H](C)CN([C@H](C)CO)C(=O)c2cc(NC(=O)c3ccncc3)ccc2O1. The minimum atomic E-state index is -4.44. The third-order valence-corrected chi connectivity index (χ3v) is 7.75. The standard InChI is InChI=1S/C32H43F3N4O6/c1-21-18-39(22(2)20-40)31(43)26-17-25(37-30(42)24-11-14-36-15-12-24)8-9-27(26)45-23(3)7-5-6-16-44-28(21)19-38(4)29(41)10-13-32(33,34)35/h8-9,11-12,14-15,17,21-23,28,40H,5-7,10,13,16,18-20H2,1-4H3,(H,37,42)/t21-,22-,23-,28+/m1/s1. The number of rotatable bonds is 8. The summed E-state index contributed by atoms with van der Waals surface area (Å²) in [6.45, 7) is 5.57. The number of hydrogen-bond acceptors (Lipinski definition) is 7. The molecule has 0 fully saturated rings. The zero-order valence-electron chi connectivity index (χ0n) is 26.2. The molecule has 0 spiro atoms. The van der Waals surface area contributed by atoms with Gasteiger partial charge in [-0.05, 0) is 63.4 Å². The molecule has 1 aliphatic heterocycles. The fraction of sp³-hybridized carbons (Fsp3) is 0.562. The van der Waals surface area contributed by atoms with E-state index in [4.69, 9.17) is 9.47 Å². The monoisotopic (exact) mass is 636 g/mol. The molecular weight excluding hydrogens is 593 g/mol. The number of halogens is 3. The topological polar surface area (TPSA) is 121 Å². The van der Waals surface area contributed by atoms with Gasteiger partial charge in [0.25, 0.3) is 11.8 Å². The fourth-order valence-electron chi connectivity index (χ4n) is 4.98. The number of anilines is 1. The van der Waals surface area contributed by atoms with Crippen LogP contribution in [0.3, 0.4) is 0 Å². The van der Waals surface area contributed by atoms with E-state index in [0.29, 0.717) is 36.4 Å². The molecule has 1 aromatic heterocycles. The second kappa shape index (κ2) is 16.6. The molecule has 2 heterocycles. The first-order chi connectivity index (χ1) is 21.3. The van der Waals surface area contributed by atoms with Gasteiger partial charge < -0.3 is 29.7 Å². The molecule has 2 aromatic rings. The Bertz CT molecular complexity index is 1280. The number of carbonyl (C=O) groups is 3. The van der Waals surface area contributed by atoms with Crippen LogP contribution in [0.15, 0.2) is 42.7 Å². The van der Waals surface area contributed by atoms with E-state index in [9.17, 15) is 32.7 Å². The summed E-state index contributed by atoms with van der Waals surface area (Å²) in [6.07, 6.45) is -2.07. The van der Waals surface area contributed by atoms with E-state index in [1.54, 1.807) is 31.2 Å². The molecule has 0 unspecified atom stereocenters. The van der Waals surface area contributed by atoms with Gasteiger partial charge in [0, 0.05) is 62.7 Å². The highest BCUT2D eigenvalue weighted by molar-refractivity contribution is 6.05. The second-order valence-corrected chi connectivity index (χ2v) is 11.6. The van der Waals surface area contributed by atoms with Gasteiger partial charge in [-0.3, -0.25) is 19.4 Å². The van der Waals surface area contributed by atoms with Crippen LogP contribution >= 0.6 is 0 Å². The molecule has 0 aliphatic carbocycles. The maximum absolute atomic E-state index is 14.2. The molecule has 3 rings (SSSR count). The lowest BCUT2D eigenvalue weighted by Gasteiger charge is -2.36. The second-order valence-electron chi connectivity index (χ2n) is 11.6. The lowest BCUT2D eigenvalue weighted by atomic mass is 10.0. The van der Waals surface area contributed by atoms with E-state index in [1.807, 2.05) is 13.8 Å². The van der Waals surface area contributed by atoms with Crippen molar-refractivity contribution >= 4 is 23.4 Å². The van der Waals surface area contributed by atoms with Crippen molar-refractivity contribution in [2.75, 3.05) is 38.7 Å². The Hall–Kier alpha value is -3.71. The summed E-state index contributed by atoms with van der Waals surface area (Å²) in [5.41, 5.74) is 0.945. The largest absolute Gasteiger partial charge is 0.490 e. The Morgan fingerprint density at radius 1 is 1.18 bits per heavy atom. The maximum Gasteiger partial charge on any atom is 0.389 e. The Balaban J connectivity index is 1.91. The Kier molecular flexibility index (Phi) is 13.2. The summed E-state index contributed by atoms with van der Waals surface area (Å²) < 4.78 is 50.5. The van der Waals surface area contributed by atoms with Crippen LogP contribution in [0.2, 0.25) is 0 Å². The van der Waals surface area contributed by atoms with Crippen molar-refractivity contribution in [2.45, 2.75) is 77.3 Å². The minimum absolute atomic E-state index is 0.0364. The fourth-order valence-corrected chi connectivity index (χ4v) is 4.98. The molecular formula is C32H43F3N4O6. The van der Waals surface area contributed by atoms with Crippen molar-refractivity contribution in [3.05, 3.63) is 53.9 Å². The quantitative estimate of drug-likeness (QED) is 0.422. The average Bonchev–Trinajstić information content (AvgIpc) is 3.01. The first-order valence-electron chi connectivity index (χ1n) is 15.1. The third kappa shape index (κ3) is 11.0. The minimum Gasteiger partial charge on any atom is -0.490 e. The van der Waals surface area contributed by atoms with Gasteiger partial charge in [0.05, 0.1) is 36.8 Å². The van der Waals surface area contributed by atoms with Gasteiger partial charge in [0.2, 0.25) is 5.91 Å². The van der Waals surface area contributed by atoms with Crippen LogP contribution in [-0.2, 0) is 9.53 Å². The lowest BCUT2D eigenvalue weighted by molar-refractivity contribution is -0.149. The van der Waals surface area contributed by atoms with E-state index in [1.165, 1.54) is 35.3 Å². The van der Waals surface area contributed by atoms with Gasteiger partial charge in [-0.25, -0.2) is 0 Å². The molecule has 45 heavy (non-hydrogen) atoms. The van der Waals surface area contributed by atoms with E-state index in [0.717, 1.165) is 6.42 Å². The van der Waals surface area contributed by atoms with Crippen LogP contribution in [0.25, 0.3) is 0 Å². The summed E-state index contributed by atoms with van der Waals surface area (Å²) in [6, 6.07) is 7.33. The molecule has 4 atom stereocenters. The zero-order valence-corrected chi connectivity index (χ0v) is 26.2. The summed E-state index contributed by atoms with van der Waals surface area (Å²) in [7, 11) is 1.44. The maximum atomic E-state index is 14.2. The summed E-state index contributed by atoms with van der Waals surface area (Å²) >= 11 is 0. The highest BCUT2D eigenvalue weighted by Gasteiger charge is 2.32. The van der Waals surface area contributed by atoms with Gasteiger partial charge in [0.15, 0.2) is 0 Å². The van der Waals surface area contributed by atoms with Gasteiger partial charge in [-0.1, -0.05) is 6.92 Å². The number of likely N-dealkylation sites (N-methyl/N-ethyl adjacent to an activating group) is 1. The van der Waals surface area contributed by atoms with Gasteiger partial charge in [-0.2, -0.15) is 13.2 Å². The van der Waals surface area contributed by atoms with Gasteiger partial charge >= 0.3 is 6.18 Å². The first kappa shape index (κ1) is 35.8. The lowest BCUT2D eigenvalue weighted by Crippen LogP contribution is -2.48.